The number of halogens is 1. The summed E-state index contributed by atoms with van der Waals surface area (Å²) in [7, 11) is 0. The van der Waals surface area contributed by atoms with Gasteiger partial charge in [0.1, 0.15) is 15.9 Å². The number of benzene rings is 3. The van der Waals surface area contributed by atoms with Crippen LogP contribution in [0.25, 0.3) is 6.08 Å². The fourth-order valence-corrected chi connectivity index (χ4v) is 4.41. The number of thiocarbonyl (C=S) groups is 1. The second-order valence-electron chi connectivity index (χ2n) is 7.09. The standard InChI is InChI=1S/C25H19FN2O3S2/c26-18-12-10-17(11-13-18)16-22-24(30)28(25(32)33-22)15-14-23(29)27-20-8-4-5-9-21(20)31-19-6-2-1-3-7-19/h1-13,16H,14-15H2,(H,27,29)/b22-16-. The third-order valence-electron chi connectivity index (χ3n) is 4.74. The van der Waals surface area contributed by atoms with Crippen molar-refractivity contribution in [3.63, 3.8) is 0 Å². The number of carbonyl (C=O) groups excluding carboxylic acids is 2. The van der Waals surface area contributed by atoms with E-state index in [9.17, 15) is 14.0 Å². The fraction of sp³-hybridized carbons (Fsp3) is 0.0800. The summed E-state index contributed by atoms with van der Waals surface area (Å²) in [6, 6.07) is 22.3. The molecule has 3 aromatic rings. The van der Waals surface area contributed by atoms with Crippen molar-refractivity contribution in [2.24, 2.45) is 0 Å². The van der Waals surface area contributed by atoms with E-state index < -0.39 is 0 Å². The van der Waals surface area contributed by atoms with Gasteiger partial charge < -0.3 is 10.1 Å². The van der Waals surface area contributed by atoms with Gasteiger partial charge in [0, 0.05) is 13.0 Å². The number of para-hydroxylation sites is 3. The zero-order chi connectivity index (χ0) is 23.2. The summed E-state index contributed by atoms with van der Waals surface area (Å²) in [6.45, 7) is 0.152. The quantitative estimate of drug-likeness (QED) is 0.341. The molecule has 1 aliphatic heterocycles. The number of amides is 2. The zero-order valence-corrected chi connectivity index (χ0v) is 19.0. The van der Waals surface area contributed by atoms with Crippen molar-refractivity contribution in [1.82, 2.24) is 4.90 Å². The maximum atomic E-state index is 13.1. The summed E-state index contributed by atoms with van der Waals surface area (Å²) < 4.78 is 19.3. The van der Waals surface area contributed by atoms with Crippen LogP contribution >= 0.6 is 24.0 Å². The molecule has 8 heteroatoms. The molecule has 1 aliphatic rings. The number of nitrogens with zero attached hydrogens (tertiary/aromatic N) is 1. The average Bonchev–Trinajstić information content (AvgIpc) is 3.08. The molecule has 1 heterocycles. The Morgan fingerprint density at radius 2 is 1.73 bits per heavy atom. The Hall–Kier alpha value is -3.49. The van der Waals surface area contributed by atoms with Crippen molar-refractivity contribution in [1.29, 1.82) is 0 Å². The van der Waals surface area contributed by atoms with Gasteiger partial charge in [0.05, 0.1) is 10.6 Å². The normalized spacial score (nSPS) is 14.6. The smallest absolute Gasteiger partial charge is 0.266 e. The molecule has 1 saturated heterocycles. The van der Waals surface area contributed by atoms with Gasteiger partial charge in [-0.15, -0.1) is 0 Å². The Labute approximate surface area is 200 Å². The summed E-state index contributed by atoms with van der Waals surface area (Å²) >= 11 is 6.49. The number of carbonyl (C=O) groups is 2. The largest absolute Gasteiger partial charge is 0.455 e. The molecule has 2 amide bonds. The van der Waals surface area contributed by atoms with Crippen LogP contribution in [-0.2, 0) is 9.59 Å². The highest BCUT2D eigenvalue weighted by atomic mass is 32.2. The molecule has 0 spiro atoms. The molecule has 0 unspecified atom stereocenters. The van der Waals surface area contributed by atoms with E-state index in [0.717, 1.165) is 11.8 Å². The third-order valence-corrected chi connectivity index (χ3v) is 6.11. The molecule has 0 aliphatic carbocycles. The van der Waals surface area contributed by atoms with Crippen molar-refractivity contribution in [2.45, 2.75) is 6.42 Å². The van der Waals surface area contributed by atoms with Gasteiger partial charge in [-0.3, -0.25) is 14.5 Å². The number of nitrogens with one attached hydrogen (secondary N) is 1. The first-order chi connectivity index (χ1) is 16.0. The molecule has 0 aromatic heterocycles. The molecule has 4 rings (SSSR count). The number of rotatable bonds is 7. The van der Waals surface area contributed by atoms with Crippen LogP contribution in [0.5, 0.6) is 11.5 Å². The SMILES string of the molecule is O=C(CCN1C(=O)/C(=C/c2ccc(F)cc2)SC1=S)Nc1ccccc1Oc1ccccc1. The summed E-state index contributed by atoms with van der Waals surface area (Å²) in [5, 5.41) is 2.84. The fourth-order valence-electron chi connectivity index (χ4n) is 3.10. The zero-order valence-electron chi connectivity index (χ0n) is 17.4. The summed E-state index contributed by atoms with van der Waals surface area (Å²) in [5.41, 5.74) is 1.23. The number of anilines is 1. The average molecular weight is 479 g/mol. The molecule has 166 valence electrons. The molecule has 1 fully saturated rings. The minimum atomic E-state index is -0.346. The van der Waals surface area contributed by atoms with E-state index in [2.05, 4.69) is 5.32 Å². The molecular formula is C25H19FN2O3S2. The lowest BCUT2D eigenvalue weighted by Gasteiger charge is -2.15. The maximum absolute atomic E-state index is 13.1. The number of hydrogen-bond acceptors (Lipinski definition) is 5. The van der Waals surface area contributed by atoms with Crippen LogP contribution < -0.4 is 10.1 Å². The van der Waals surface area contributed by atoms with Crippen molar-refractivity contribution in [3.8, 4) is 11.5 Å². The first-order valence-electron chi connectivity index (χ1n) is 10.1. The Bertz CT molecular complexity index is 1210. The van der Waals surface area contributed by atoms with Gasteiger partial charge in [-0.05, 0) is 48.0 Å². The van der Waals surface area contributed by atoms with E-state index >= 15 is 0 Å². The van der Waals surface area contributed by atoms with Gasteiger partial charge in [0.15, 0.2) is 5.75 Å². The third kappa shape index (κ3) is 5.85. The second kappa shape index (κ2) is 10.4. The topological polar surface area (TPSA) is 58.6 Å². The number of ether oxygens (including phenoxy) is 1. The van der Waals surface area contributed by atoms with E-state index in [0.29, 0.717) is 32.0 Å². The maximum Gasteiger partial charge on any atom is 0.266 e. The monoisotopic (exact) mass is 478 g/mol. The molecule has 0 saturated carbocycles. The molecular weight excluding hydrogens is 459 g/mol. The van der Waals surface area contributed by atoms with Gasteiger partial charge in [0.25, 0.3) is 5.91 Å². The number of hydrogen-bond donors (Lipinski definition) is 1. The molecule has 1 N–H and O–H groups in total. The van der Waals surface area contributed by atoms with Crippen LogP contribution in [0.3, 0.4) is 0 Å². The van der Waals surface area contributed by atoms with Crippen molar-refractivity contribution in [2.75, 3.05) is 11.9 Å². The molecule has 0 radical (unpaired) electrons. The molecule has 0 bridgehead atoms. The van der Waals surface area contributed by atoms with E-state index in [1.54, 1.807) is 36.4 Å². The van der Waals surface area contributed by atoms with E-state index in [4.69, 9.17) is 17.0 Å². The van der Waals surface area contributed by atoms with Crippen LogP contribution in [0.4, 0.5) is 10.1 Å². The van der Waals surface area contributed by atoms with Crippen LogP contribution in [0, 0.1) is 5.82 Å². The summed E-state index contributed by atoms with van der Waals surface area (Å²) in [4.78, 5) is 27.2. The van der Waals surface area contributed by atoms with Crippen molar-refractivity contribution >= 4 is 51.9 Å². The Kier molecular flexibility index (Phi) is 7.16. The first kappa shape index (κ1) is 22.7. The molecule has 0 atom stereocenters. The van der Waals surface area contributed by atoms with Gasteiger partial charge >= 0.3 is 0 Å². The Morgan fingerprint density at radius 3 is 2.48 bits per heavy atom. The highest BCUT2D eigenvalue weighted by molar-refractivity contribution is 8.26. The first-order valence-corrected chi connectivity index (χ1v) is 11.3. The van der Waals surface area contributed by atoms with Gasteiger partial charge in [-0.2, -0.15) is 0 Å². The highest BCUT2D eigenvalue weighted by Crippen LogP contribution is 2.33. The van der Waals surface area contributed by atoms with Gasteiger partial charge in [-0.1, -0.05) is 66.4 Å². The van der Waals surface area contributed by atoms with Crippen molar-refractivity contribution in [3.05, 3.63) is 95.1 Å². The lowest BCUT2D eigenvalue weighted by atomic mass is 10.2. The van der Waals surface area contributed by atoms with Gasteiger partial charge in [-0.25, -0.2) is 4.39 Å². The van der Waals surface area contributed by atoms with Crippen LogP contribution in [0.2, 0.25) is 0 Å². The molecule has 3 aromatic carbocycles. The van der Waals surface area contributed by atoms with E-state index in [-0.39, 0.29) is 30.6 Å². The highest BCUT2D eigenvalue weighted by Gasteiger charge is 2.32. The van der Waals surface area contributed by atoms with Crippen molar-refractivity contribution < 1.29 is 18.7 Å². The minimum absolute atomic E-state index is 0.0654. The Balaban J connectivity index is 1.37. The summed E-state index contributed by atoms with van der Waals surface area (Å²) in [6.07, 6.45) is 1.73. The number of thioether (sulfide) groups is 1. The lowest BCUT2D eigenvalue weighted by molar-refractivity contribution is -0.122. The van der Waals surface area contributed by atoms with E-state index in [1.165, 1.54) is 17.0 Å². The van der Waals surface area contributed by atoms with Gasteiger partial charge in [0.2, 0.25) is 5.91 Å². The molecule has 5 nitrogen and oxygen atoms in total. The van der Waals surface area contributed by atoms with Crippen LogP contribution in [-0.4, -0.2) is 27.6 Å². The van der Waals surface area contributed by atoms with E-state index in [1.807, 2.05) is 36.4 Å². The minimum Gasteiger partial charge on any atom is -0.455 e. The summed E-state index contributed by atoms with van der Waals surface area (Å²) in [5.74, 6) is 0.293. The second-order valence-corrected chi connectivity index (χ2v) is 8.77. The Morgan fingerprint density at radius 1 is 1.03 bits per heavy atom. The lowest BCUT2D eigenvalue weighted by Crippen LogP contribution is -2.31. The van der Waals surface area contributed by atoms with Crippen LogP contribution in [0.1, 0.15) is 12.0 Å². The predicted molar refractivity (Wildman–Crippen MR) is 132 cm³/mol. The predicted octanol–water partition coefficient (Wildman–Crippen LogP) is 5.85. The molecule has 33 heavy (non-hydrogen) atoms. The van der Waals surface area contributed by atoms with Crippen LogP contribution in [0.15, 0.2) is 83.8 Å².